The van der Waals surface area contributed by atoms with E-state index < -0.39 is 26.2 Å². The molecule has 0 atom stereocenters. The summed E-state index contributed by atoms with van der Waals surface area (Å²) in [7, 11) is 10.6. The third-order valence-electron chi connectivity index (χ3n) is 3.67. The molecule has 136 valence electrons. The van der Waals surface area contributed by atoms with Crippen LogP contribution in [0.25, 0.3) is 10.8 Å². The zero-order chi connectivity index (χ0) is 19.0. The number of rotatable bonds is 0. The van der Waals surface area contributed by atoms with Crippen LogP contribution in [-0.2, 0) is 21.7 Å². The summed E-state index contributed by atoms with van der Waals surface area (Å²) < 4.78 is 0. The summed E-state index contributed by atoms with van der Waals surface area (Å²) in [6, 6.07) is 21.3. The van der Waals surface area contributed by atoms with E-state index in [1.807, 2.05) is 0 Å². The molecule has 0 aliphatic carbocycles. The molecular weight excluding hydrogens is 487 g/mol. The van der Waals surface area contributed by atoms with Gasteiger partial charge in [-0.05, 0) is 0 Å². The number of hydrogen-bond donors (Lipinski definition) is 0. The summed E-state index contributed by atoms with van der Waals surface area (Å²) >= 11 is -1.59. The Morgan fingerprint density at radius 3 is 2.04 bits per heavy atom. The van der Waals surface area contributed by atoms with Gasteiger partial charge >= 0.3 is 54.8 Å². The molecule has 4 heteroatoms. The van der Waals surface area contributed by atoms with Gasteiger partial charge in [0.2, 0.25) is 0 Å². The summed E-state index contributed by atoms with van der Waals surface area (Å²) in [5.41, 5.74) is 3.09. The van der Waals surface area contributed by atoms with Gasteiger partial charge in [-0.25, -0.2) is 6.07 Å². The average Bonchev–Trinajstić information content (AvgIpc) is 3.16. The number of fused-ring (bicyclic) bond motifs is 1. The van der Waals surface area contributed by atoms with Crippen LogP contribution in [0.5, 0.6) is 0 Å². The molecule has 0 fully saturated rings. The second kappa shape index (κ2) is 11.1. The van der Waals surface area contributed by atoms with Gasteiger partial charge in [0.25, 0.3) is 0 Å². The summed E-state index contributed by atoms with van der Waals surface area (Å²) in [5, 5.41) is 2.69. The second-order valence-corrected chi connectivity index (χ2v) is 45.3. The Bertz CT molecular complexity index is 742. The van der Waals surface area contributed by atoms with Gasteiger partial charge in [-0.15, -0.1) is 40.6 Å². The van der Waals surface area contributed by atoms with E-state index in [1.54, 1.807) is 0 Å². The Morgan fingerprint density at radius 1 is 1.04 bits per heavy atom. The van der Waals surface area contributed by atoms with E-state index in [0.29, 0.717) is 5.41 Å². The first kappa shape index (κ1) is 23.2. The second-order valence-electron chi connectivity index (χ2n) is 7.35. The molecule has 0 aromatic heterocycles. The Labute approximate surface area is 169 Å². The van der Waals surface area contributed by atoms with Crippen molar-refractivity contribution in [3.05, 3.63) is 71.8 Å². The van der Waals surface area contributed by atoms with Crippen LogP contribution in [0.15, 0.2) is 60.7 Å². The zero-order valence-electron chi connectivity index (χ0n) is 16.0. The molecule has 0 saturated carbocycles. The summed E-state index contributed by atoms with van der Waals surface area (Å²) in [6.45, 7) is 8.80. The first-order chi connectivity index (χ1) is 11.6. The van der Waals surface area contributed by atoms with Crippen LogP contribution in [0.1, 0.15) is 31.9 Å². The normalized spacial score (nSPS) is 10.4. The van der Waals surface area contributed by atoms with Crippen LogP contribution >= 0.6 is 17.0 Å². The minimum atomic E-state index is -1.59. The van der Waals surface area contributed by atoms with Gasteiger partial charge in [-0.3, -0.25) is 0 Å². The molecule has 0 spiro atoms. The van der Waals surface area contributed by atoms with Gasteiger partial charge in [0, 0.05) is 0 Å². The van der Waals surface area contributed by atoms with Crippen LogP contribution in [0.4, 0.5) is 0 Å². The molecule has 3 rings (SSSR count). The van der Waals surface area contributed by atoms with E-state index in [4.69, 9.17) is 17.0 Å². The van der Waals surface area contributed by atoms with Gasteiger partial charge < -0.3 is 0 Å². The molecule has 0 heterocycles. The van der Waals surface area contributed by atoms with E-state index >= 15 is 0 Å². The first-order valence-electron chi connectivity index (χ1n) is 8.44. The van der Waals surface area contributed by atoms with Crippen LogP contribution in [0.2, 0.25) is 11.5 Å². The quantitative estimate of drug-likeness (QED) is 0.212. The molecule has 3 aromatic rings. The monoisotopic (exact) mass is 514 g/mol. The van der Waals surface area contributed by atoms with Crippen molar-refractivity contribution in [1.29, 1.82) is 0 Å². The molecule has 25 heavy (non-hydrogen) atoms. The summed E-state index contributed by atoms with van der Waals surface area (Å²) in [6.07, 6.45) is 0. The van der Waals surface area contributed by atoms with Gasteiger partial charge in [0.1, 0.15) is 0 Å². The summed E-state index contributed by atoms with van der Waals surface area (Å²) in [4.78, 5) is 0. The maximum absolute atomic E-state index is 5.65. The predicted octanol–water partition coefficient (Wildman–Crippen LogP) is 7.73. The van der Waals surface area contributed by atoms with Gasteiger partial charge in [-0.2, -0.15) is 29.8 Å². The van der Waals surface area contributed by atoms with E-state index in [1.165, 1.54) is 21.9 Å². The Hall–Kier alpha value is 0.186. The van der Waals surface area contributed by atoms with Crippen LogP contribution < -0.4 is 0 Å². The van der Waals surface area contributed by atoms with Crippen molar-refractivity contribution in [1.82, 2.24) is 0 Å². The van der Waals surface area contributed by atoms with Crippen LogP contribution in [0.3, 0.4) is 0 Å². The first-order valence-corrected chi connectivity index (χ1v) is 26.4. The third-order valence-corrected chi connectivity index (χ3v) is 38.1. The van der Waals surface area contributed by atoms with Gasteiger partial charge in [0.15, 0.2) is 0 Å². The minimum absolute atomic E-state index is 0.323. The van der Waals surface area contributed by atoms with Crippen molar-refractivity contribution >= 4 is 37.8 Å². The van der Waals surface area contributed by atoms with Crippen molar-refractivity contribution in [2.24, 2.45) is 0 Å². The fourth-order valence-corrected chi connectivity index (χ4v) is 2.18. The molecule has 0 bridgehead atoms. The average molecular weight is 515 g/mol. The van der Waals surface area contributed by atoms with E-state index in [-0.39, 0.29) is 0 Å². The molecule has 0 unspecified atom stereocenters. The molecule has 0 amide bonds. The SMILES string of the molecule is CC(C)(C)c1cc[cH-]c1.Cc1cc2ccccc2[cH-]1.[CH3][Ge]([CH3])=[Zr]([Cl])[Cl]. The summed E-state index contributed by atoms with van der Waals surface area (Å²) in [5.74, 6) is 4.46. The Kier molecular flexibility index (Phi) is 10.3. The van der Waals surface area contributed by atoms with Crippen molar-refractivity contribution in [3.8, 4) is 0 Å². The zero-order valence-corrected chi connectivity index (χ0v) is 22.1. The third kappa shape index (κ3) is 9.09. The number of benzene rings is 1. The molecule has 0 N–H and O–H groups in total. The van der Waals surface area contributed by atoms with Crippen LogP contribution in [0, 0.1) is 6.92 Å². The number of hydrogen-bond acceptors (Lipinski definition) is 0. The molecule has 0 saturated heterocycles. The predicted molar refractivity (Wildman–Crippen MR) is 114 cm³/mol. The van der Waals surface area contributed by atoms with E-state index in [0.717, 1.165) is 0 Å². The van der Waals surface area contributed by atoms with Gasteiger partial charge in [0.05, 0.1) is 0 Å². The molecule has 0 radical (unpaired) electrons. The standard InChI is InChI=1S/C10H9.C9H13.C2H6Ge.2ClH.Zr/c1-8-6-9-4-2-3-5-10(9)7-8;1-9(2,3)8-6-4-5-7-8;1-3-2;;;/h2-7H,1H3;4-7H,1-3H3;1-2H3;2*1H;/q2*-1;;;;+2/p-2. The number of halogens is 2. The Morgan fingerprint density at radius 2 is 1.64 bits per heavy atom. The van der Waals surface area contributed by atoms with E-state index in [2.05, 4.69) is 99.9 Å². The topological polar surface area (TPSA) is 0 Å². The molecule has 3 aromatic carbocycles. The van der Waals surface area contributed by atoms with Crippen molar-refractivity contribution in [2.45, 2.75) is 44.6 Å². The van der Waals surface area contributed by atoms with Crippen molar-refractivity contribution in [3.63, 3.8) is 0 Å². The van der Waals surface area contributed by atoms with Crippen molar-refractivity contribution in [2.75, 3.05) is 0 Å². The van der Waals surface area contributed by atoms with Crippen LogP contribution in [-0.4, -0.2) is 9.98 Å². The number of aryl methyl sites for hydroxylation is 1. The maximum atomic E-state index is 5.65. The fraction of sp³-hybridized carbons (Fsp3) is 0.333. The molecule has 0 aliphatic heterocycles. The van der Waals surface area contributed by atoms with Gasteiger partial charge in [-0.1, -0.05) is 39.2 Å². The Balaban J connectivity index is 0.000000195. The fourth-order valence-electron chi connectivity index (χ4n) is 2.18. The molecule has 0 aliphatic rings. The molecular formula is C21H28Cl2GeZr-2. The molecule has 0 nitrogen and oxygen atoms in total. The van der Waals surface area contributed by atoms with E-state index in [9.17, 15) is 0 Å². The van der Waals surface area contributed by atoms with Crippen molar-refractivity contribution < 1.29 is 16.2 Å².